The molecule has 17 heavy (non-hydrogen) atoms. The summed E-state index contributed by atoms with van der Waals surface area (Å²) in [5, 5.41) is 0.514. The molecule has 0 N–H and O–H groups in total. The van der Waals surface area contributed by atoms with Crippen molar-refractivity contribution in [1.29, 1.82) is 0 Å². The highest BCUT2D eigenvalue weighted by atomic mass is 35.5. The third-order valence-corrected chi connectivity index (χ3v) is 3.23. The number of hydrogen-bond donors (Lipinski definition) is 0. The normalized spacial score (nSPS) is 10.8. The largest absolute Gasteiger partial charge is 0.452 e. The van der Waals surface area contributed by atoms with Crippen LogP contribution < -0.4 is 5.76 Å². The Bertz CT molecular complexity index is 671. The Morgan fingerprint density at radius 3 is 2.71 bits per heavy atom. The molecule has 0 radical (unpaired) electrons. The molecule has 1 aromatic heterocycles. The second-order valence-corrected chi connectivity index (χ2v) is 4.10. The molecule has 1 heterocycles. The van der Waals surface area contributed by atoms with E-state index in [1.165, 1.54) is 6.07 Å². The number of halogens is 2. The Hall–Kier alpha value is -1.46. The number of aryl methyl sites for hydroxylation is 1. The summed E-state index contributed by atoms with van der Waals surface area (Å²) in [4.78, 5) is 22.9. The Morgan fingerprint density at radius 2 is 2.12 bits per heavy atom. The summed E-state index contributed by atoms with van der Waals surface area (Å²) in [5.74, 6) is -0.840. The highest BCUT2D eigenvalue weighted by Crippen LogP contribution is 2.32. The van der Waals surface area contributed by atoms with Crippen molar-refractivity contribution in [2.45, 2.75) is 6.92 Å². The molecule has 5 nitrogen and oxygen atoms in total. The predicted molar refractivity (Wildman–Crippen MR) is 63.0 cm³/mol. The van der Waals surface area contributed by atoms with Crippen molar-refractivity contribution in [1.82, 2.24) is 4.57 Å². The molecular weight excluding hydrogens is 269 g/mol. The number of nitrogens with zero attached hydrogens (tertiary/aromatic N) is 1. The number of oxazole rings is 1. The smallest absolute Gasteiger partial charge is 0.429 e. The molecule has 0 saturated carbocycles. The molecule has 0 fully saturated rings. The van der Waals surface area contributed by atoms with Gasteiger partial charge in [-0.1, -0.05) is 23.2 Å². The zero-order valence-corrected chi connectivity index (χ0v) is 10.4. The number of benzene rings is 1. The first-order valence-electron chi connectivity index (χ1n) is 4.56. The van der Waals surface area contributed by atoms with Crippen LogP contribution in [0.5, 0.6) is 0 Å². The number of methoxy groups -OCH3 is 1. The van der Waals surface area contributed by atoms with Crippen LogP contribution in [0, 0.1) is 6.92 Å². The molecule has 0 aliphatic heterocycles. The van der Waals surface area contributed by atoms with E-state index in [0.29, 0.717) is 5.56 Å². The topological polar surface area (TPSA) is 61.4 Å². The first-order chi connectivity index (χ1) is 7.97. The van der Waals surface area contributed by atoms with Crippen LogP contribution in [-0.2, 0) is 4.74 Å². The molecule has 0 atom stereocenters. The summed E-state index contributed by atoms with van der Waals surface area (Å²) >= 11 is 11.8. The number of carbonyl (C=O) groups is 1. The number of aromatic nitrogens is 1. The van der Waals surface area contributed by atoms with Gasteiger partial charge in [0.15, 0.2) is 5.58 Å². The van der Waals surface area contributed by atoms with Crippen LogP contribution in [-0.4, -0.2) is 17.8 Å². The summed E-state index contributed by atoms with van der Waals surface area (Å²) in [7, 11) is 1.16. The molecule has 1 aromatic carbocycles. The van der Waals surface area contributed by atoms with Crippen LogP contribution in [0.2, 0.25) is 10.0 Å². The zero-order valence-electron chi connectivity index (χ0n) is 8.91. The molecule has 0 aliphatic carbocycles. The van der Waals surface area contributed by atoms with Crippen molar-refractivity contribution in [3.8, 4) is 0 Å². The van der Waals surface area contributed by atoms with Gasteiger partial charge in [0.2, 0.25) is 0 Å². The molecule has 7 heteroatoms. The maximum absolute atomic E-state index is 11.5. The van der Waals surface area contributed by atoms with Gasteiger partial charge in [0.05, 0.1) is 17.2 Å². The average Bonchev–Trinajstić information content (AvgIpc) is 2.62. The van der Waals surface area contributed by atoms with Crippen LogP contribution in [0.3, 0.4) is 0 Å². The number of hydrogen-bond acceptors (Lipinski definition) is 4. The Labute approximate surface area is 105 Å². The molecule has 90 valence electrons. The van der Waals surface area contributed by atoms with Crippen LogP contribution in [0.25, 0.3) is 11.1 Å². The van der Waals surface area contributed by atoms with Gasteiger partial charge < -0.3 is 9.15 Å². The second-order valence-electron chi connectivity index (χ2n) is 3.32. The van der Waals surface area contributed by atoms with Gasteiger partial charge in [-0.05, 0) is 13.0 Å². The average molecular weight is 276 g/mol. The van der Waals surface area contributed by atoms with Crippen LogP contribution in [0.15, 0.2) is 15.3 Å². The van der Waals surface area contributed by atoms with E-state index < -0.39 is 11.8 Å². The van der Waals surface area contributed by atoms with Gasteiger partial charge >= 0.3 is 11.8 Å². The second kappa shape index (κ2) is 4.09. The van der Waals surface area contributed by atoms with Crippen LogP contribution in [0.1, 0.15) is 5.56 Å². The number of ether oxygens (including phenoxy) is 1. The Balaban J connectivity index is 2.93. The Kier molecular flexibility index (Phi) is 2.89. The summed E-state index contributed by atoms with van der Waals surface area (Å²) in [6.45, 7) is 1.64. The lowest BCUT2D eigenvalue weighted by atomic mass is 10.2. The van der Waals surface area contributed by atoms with E-state index in [0.717, 1.165) is 11.7 Å². The maximum atomic E-state index is 11.5. The molecule has 0 unspecified atom stereocenters. The number of rotatable bonds is 0. The minimum atomic E-state index is -0.841. The minimum Gasteiger partial charge on any atom is -0.452 e. The van der Waals surface area contributed by atoms with E-state index in [4.69, 9.17) is 27.6 Å². The fourth-order valence-electron chi connectivity index (χ4n) is 1.51. The summed E-state index contributed by atoms with van der Waals surface area (Å²) in [6, 6.07) is 1.38. The van der Waals surface area contributed by atoms with Crippen molar-refractivity contribution in [3.05, 3.63) is 32.2 Å². The number of fused-ring (bicyclic) bond motifs is 1. The molecule has 0 aliphatic rings. The van der Waals surface area contributed by atoms with Crippen molar-refractivity contribution in [2.24, 2.45) is 0 Å². The van der Waals surface area contributed by atoms with E-state index in [-0.39, 0.29) is 21.1 Å². The van der Waals surface area contributed by atoms with Gasteiger partial charge in [-0.3, -0.25) is 0 Å². The van der Waals surface area contributed by atoms with Crippen molar-refractivity contribution >= 4 is 40.4 Å². The lowest BCUT2D eigenvalue weighted by Gasteiger charge is -2.02. The molecule has 0 saturated heterocycles. The standard InChI is InChI=1S/C10H7Cl2NO4/c1-4-7(12)5(11)3-6-8(4)17-10(15)13(6)9(14)16-2/h3H,1-2H3. The SMILES string of the molecule is COC(=O)n1c(=O)oc2c(C)c(Cl)c(Cl)cc21. The molecule has 2 rings (SSSR count). The summed E-state index contributed by atoms with van der Waals surface area (Å²) in [5.41, 5.74) is 0.942. The van der Waals surface area contributed by atoms with Crippen molar-refractivity contribution < 1.29 is 13.9 Å². The highest BCUT2D eigenvalue weighted by molar-refractivity contribution is 6.43. The van der Waals surface area contributed by atoms with E-state index in [2.05, 4.69) is 4.74 Å². The lowest BCUT2D eigenvalue weighted by molar-refractivity contribution is 0.171. The molecular formula is C10H7Cl2NO4. The van der Waals surface area contributed by atoms with E-state index in [1.54, 1.807) is 6.92 Å². The van der Waals surface area contributed by atoms with Crippen molar-refractivity contribution in [3.63, 3.8) is 0 Å². The van der Waals surface area contributed by atoms with E-state index in [9.17, 15) is 9.59 Å². The number of carbonyl (C=O) groups excluding carboxylic acids is 1. The maximum Gasteiger partial charge on any atom is 0.429 e. The minimum absolute atomic E-state index is 0.217. The first kappa shape index (κ1) is 12.0. The first-order valence-corrected chi connectivity index (χ1v) is 5.31. The fourth-order valence-corrected chi connectivity index (χ4v) is 1.90. The van der Waals surface area contributed by atoms with Gasteiger partial charge in [0.1, 0.15) is 5.52 Å². The molecule has 2 aromatic rings. The van der Waals surface area contributed by atoms with E-state index in [1.807, 2.05) is 0 Å². The van der Waals surface area contributed by atoms with E-state index >= 15 is 0 Å². The third kappa shape index (κ3) is 1.71. The Morgan fingerprint density at radius 1 is 1.47 bits per heavy atom. The van der Waals surface area contributed by atoms with Gasteiger partial charge in [-0.25, -0.2) is 9.59 Å². The highest BCUT2D eigenvalue weighted by Gasteiger charge is 2.20. The quantitative estimate of drug-likeness (QED) is 0.742. The molecule has 0 spiro atoms. The third-order valence-electron chi connectivity index (χ3n) is 2.35. The molecule has 0 bridgehead atoms. The van der Waals surface area contributed by atoms with Crippen LogP contribution in [0.4, 0.5) is 4.79 Å². The zero-order chi connectivity index (χ0) is 12.7. The van der Waals surface area contributed by atoms with Crippen molar-refractivity contribution in [2.75, 3.05) is 7.11 Å². The fraction of sp³-hybridized carbons (Fsp3) is 0.200. The van der Waals surface area contributed by atoms with Gasteiger partial charge in [-0.15, -0.1) is 0 Å². The monoisotopic (exact) mass is 275 g/mol. The summed E-state index contributed by atoms with van der Waals surface area (Å²) in [6.07, 6.45) is -0.841. The summed E-state index contributed by atoms with van der Waals surface area (Å²) < 4.78 is 10.2. The van der Waals surface area contributed by atoms with Crippen LogP contribution >= 0.6 is 23.2 Å². The lowest BCUT2D eigenvalue weighted by Crippen LogP contribution is -2.22. The predicted octanol–water partition coefficient (Wildman–Crippen LogP) is 2.82. The van der Waals surface area contributed by atoms with Gasteiger partial charge in [0.25, 0.3) is 0 Å². The molecule has 0 amide bonds. The van der Waals surface area contributed by atoms with Gasteiger partial charge in [-0.2, -0.15) is 4.57 Å². The van der Waals surface area contributed by atoms with Gasteiger partial charge in [0, 0.05) is 5.56 Å².